The summed E-state index contributed by atoms with van der Waals surface area (Å²) in [6.45, 7) is 9.96. The Morgan fingerprint density at radius 3 is 2.46 bits per heavy atom. The van der Waals surface area contributed by atoms with Crippen molar-refractivity contribution in [3.8, 4) is 17.1 Å². The summed E-state index contributed by atoms with van der Waals surface area (Å²) in [5.74, 6) is 0.765. The molecule has 4 atom stereocenters. The molecule has 216 valence electrons. The second-order valence-electron chi connectivity index (χ2n) is 13.0. The minimum Gasteiger partial charge on any atom is -0.473 e. The zero-order valence-corrected chi connectivity index (χ0v) is 24.2. The van der Waals surface area contributed by atoms with Crippen molar-refractivity contribution in [3.05, 3.63) is 36.7 Å². The molecule has 6 heterocycles. The molecule has 3 aromatic rings. The number of rotatable bonds is 6. The highest BCUT2D eigenvalue weighted by Crippen LogP contribution is 2.41. The maximum absolute atomic E-state index is 12.7. The minimum absolute atomic E-state index is 0.0731. The largest absolute Gasteiger partial charge is 0.473 e. The van der Waals surface area contributed by atoms with Crippen molar-refractivity contribution in [1.29, 1.82) is 0 Å². The van der Waals surface area contributed by atoms with Gasteiger partial charge in [-0.3, -0.25) is 9.69 Å². The molecule has 4 aliphatic heterocycles. The second kappa shape index (κ2) is 9.63. The summed E-state index contributed by atoms with van der Waals surface area (Å²) in [6.07, 6.45) is 5.31. The lowest BCUT2D eigenvalue weighted by molar-refractivity contribution is -0.119. The first-order valence-corrected chi connectivity index (χ1v) is 14.8. The number of pyridine rings is 1. The summed E-state index contributed by atoms with van der Waals surface area (Å²) in [7, 11) is 0. The molecular weight excluding hydrogens is 520 g/mol. The molecule has 2 bridgehead atoms. The van der Waals surface area contributed by atoms with Gasteiger partial charge in [0.15, 0.2) is 0 Å². The van der Waals surface area contributed by atoms with E-state index in [-0.39, 0.29) is 36.1 Å². The fourth-order valence-electron chi connectivity index (χ4n) is 6.39. The van der Waals surface area contributed by atoms with E-state index in [1.165, 1.54) is 0 Å². The number of benzene rings is 1. The van der Waals surface area contributed by atoms with Crippen LogP contribution in [0.25, 0.3) is 22.3 Å². The predicted octanol–water partition coefficient (Wildman–Crippen LogP) is 4.53. The average Bonchev–Trinajstić information content (AvgIpc) is 3.52. The van der Waals surface area contributed by atoms with Gasteiger partial charge >= 0.3 is 6.09 Å². The Kier molecular flexibility index (Phi) is 6.13. The van der Waals surface area contributed by atoms with Gasteiger partial charge in [-0.1, -0.05) is 12.1 Å². The maximum Gasteiger partial charge on any atom is 0.410 e. The molecule has 10 heteroatoms. The van der Waals surface area contributed by atoms with Gasteiger partial charge in [0.05, 0.1) is 29.6 Å². The topological polar surface area (TPSA) is 102 Å². The van der Waals surface area contributed by atoms with Gasteiger partial charge in [0.1, 0.15) is 17.2 Å². The van der Waals surface area contributed by atoms with Crippen LogP contribution in [0.1, 0.15) is 59.4 Å². The Morgan fingerprint density at radius 2 is 1.83 bits per heavy atom. The summed E-state index contributed by atoms with van der Waals surface area (Å²) in [5.41, 5.74) is 4.25. The molecule has 0 radical (unpaired) electrons. The molecule has 1 N–H and O–H groups in total. The number of nitrogens with zero attached hydrogens (tertiary/aromatic N) is 5. The molecule has 2 amide bonds. The third-order valence-electron chi connectivity index (χ3n) is 8.76. The molecule has 4 unspecified atom stereocenters. The van der Waals surface area contributed by atoms with Crippen molar-refractivity contribution in [2.45, 2.75) is 83.2 Å². The molecule has 10 nitrogen and oxygen atoms in total. The van der Waals surface area contributed by atoms with Crippen LogP contribution >= 0.6 is 0 Å². The van der Waals surface area contributed by atoms with E-state index in [4.69, 9.17) is 19.4 Å². The van der Waals surface area contributed by atoms with Gasteiger partial charge < -0.3 is 24.3 Å². The number of piperidine rings is 1. The molecule has 8 rings (SSSR count). The minimum atomic E-state index is -0.487. The van der Waals surface area contributed by atoms with Crippen molar-refractivity contribution in [2.24, 2.45) is 5.92 Å². The number of aromatic nitrogens is 3. The fraction of sp³-hybridized carbons (Fsp3) is 0.548. The smallest absolute Gasteiger partial charge is 0.410 e. The van der Waals surface area contributed by atoms with Crippen molar-refractivity contribution in [3.63, 3.8) is 0 Å². The molecule has 5 aliphatic rings. The van der Waals surface area contributed by atoms with Gasteiger partial charge in [0.2, 0.25) is 11.8 Å². The van der Waals surface area contributed by atoms with Crippen LogP contribution in [0, 0.1) is 5.92 Å². The zero-order chi connectivity index (χ0) is 28.5. The van der Waals surface area contributed by atoms with Gasteiger partial charge in [-0.15, -0.1) is 0 Å². The normalized spacial score (nSPS) is 24.7. The summed E-state index contributed by atoms with van der Waals surface area (Å²) in [5, 5.41) is 2.91. The Hall–Kier alpha value is -3.82. The first-order chi connectivity index (χ1) is 19.6. The van der Waals surface area contributed by atoms with Crippen LogP contribution in [-0.4, -0.2) is 74.9 Å². The number of ether oxygens (including phenoxy) is 2. The second-order valence-corrected chi connectivity index (χ2v) is 13.0. The van der Waals surface area contributed by atoms with Crippen LogP contribution in [0.4, 0.5) is 10.5 Å². The molecule has 4 saturated heterocycles. The molecule has 1 saturated carbocycles. The number of piperazine rings is 1. The monoisotopic (exact) mass is 558 g/mol. The first kappa shape index (κ1) is 26.1. The summed E-state index contributed by atoms with van der Waals surface area (Å²) in [4.78, 5) is 38.5. The molecule has 2 aromatic heterocycles. The SMILES string of the molecule is CC(Oc1nc(-c2ccc(N3CC4CC(C3)N4C(=O)OC(C)(C)C)cc2)cc2ncn(C3CC3)c12)C1CNC(=O)C1. The quantitative estimate of drug-likeness (QED) is 0.474. The lowest BCUT2D eigenvalue weighted by Gasteiger charge is -2.56. The van der Waals surface area contributed by atoms with E-state index < -0.39 is 5.60 Å². The zero-order valence-electron chi connectivity index (χ0n) is 24.2. The van der Waals surface area contributed by atoms with E-state index in [2.05, 4.69) is 39.0 Å². The Morgan fingerprint density at radius 1 is 1.10 bits per heavy atom. The molecule has 1 aliphatic carbocycles. The van der Waals surface area contributed by atoms with E-state index >= 15 is 0 Å². The number of carbonyl (C=O) groups excluding carboxylic acids is 2. The van der Waals surface area contributed by atoms with Gasteiger partial charge in [-0.25, -0.2) is 14.8 Å². The third-order valence-corrected chi connectivity index (χ3v) is 8.76. The highest BCUT2D eigenvalue weighted by Gasteiger charge is 2.48. The van der Waals surface area contributed by atoms with Crippen molar-refractivity contribution < 1.29 is 19.1 Å². The van der Waals surface area contributed by atoms with E-state index in [1.54, 1.807) is 0 Å². The van der Waals surface area contributed by atoms with Gasteiger partial charge in [-0.2, -0.15) is 0 Å². The number of hydrogen-bond acceptors (Lipinski definition) is 7. The number of fused-ring (bicyclic) bond motifs is 3. The lowest BCUT2D eigenvalue weighted by atomic mass is 9.87. The third kappa shape index (κ3) is 4.97. The Labute approximate surface area is 240 Å². The number of anilines is 1. The highest BCUT2D eigenvalue weighted by molar-refractivity contribution is 5.85. The van der Waals surface area contributed by atoms with Crippen molar-refractivity contribution in [2.75, 3.05) is 24.5 Å². The lowest BCUT2D eigenvalue weighted by Crippen LogP contribution is -2.70. The van der Waals surface area contributed by atoms with Crippen LogP contribution in [0.3, 0.4) is 0 Å². The summed E-state index contributed by atoms with van der Waals surface area (Å²) in [6, 6.07) is 11.3. The van der Waals surface area contributed by atoms with Crippen LogP contribution in [0.15, 0.2) is 36.7 Å². The molecule has 0 spiro atoms. The van der Waals surface area contributed by atoms with Gasteiger partial charge in [-0.05, 0) is 65.2 Å². The van der Waals surface area contributed by atoms with Gasteiger partial charge in [0.25, 0.3) is 0 Å². The van der Waals surface area contributed by atoms with Crippen LogP contribution in [0.2, 0.25) is 0 Å². The van der Waals surface area contributed by atoms with Gasteiger partial charge in [0, 0.05) is 49.3 Å². The number of carbonyl (C=O) groups is 2. The van der Waals surface area contributed by atoms with E-state index in [1.807, 2.05) is 45.0 Å². The van der Waals surface area contributed by atoms with Crippen LogP contribution in [0.5, 0.6) is 5.88 Å². The van der Waals surface area contributed by atoms with Crippen LogP contribution in [-0.2, 0) is 9.53 Å². The van der Waals surface area contributed by atoms with E-state index in [0.717, 1.165) is 60.3 Å². The first-order valence-electron chi connectivity index (χ1n) is 14.8. The molecule has 41 heavy (non-hydrogen) atoms. The van der Waals surface area contributed by atoms with Crippen molar-refractivity contribution in [1.82, 2.24) is 24.8 Å². The average molecular weight is 559 g/mol. The molecule has 1 aromatic carbocycles. The molecular formula is C31H38N6O4. The van der Waals surface area contributed by atoms with Crippen LogP contribution < -0.4 is 15.0 Å². The standard InChI is InChI=1S/C31H38N6O4/c1-18(20-11-27(38)32-14-20)40-29-28-26(33-17-36(28)22-9-10-22)13-25(34-29)19-5-7-21(8-6-19)35-15-23-12-24(16-35)37(23)30(39)41-31(2,3)4/h5-8,13,17-18,20,22-24H,9-12,14-16H2,1-4H3,(H,32,38). The Bertz CT molecular complexity index is 1480. The fourth-order valence-corrected chi connectivity index (χ4v) is 6.39. The number of hydrogen-bond donors (Lipinski definition) is 1. The summed E-state index contributed by atoms with van der Waals surface area (Å²) >= 11 is 0. The molecule has 5 fully saturated rings. The number of imidazole rings is 1. The number of amides is 2. The van der Waals surface area contributed by atoms with Crippen molar-refractivity contribution >= 4 is 28.7 Å². The highest BCUT2D eigenvalue weighted by atomic mass is 16.6. The van der Waals surface area contributed by atoms with E-state index in [9.17, 15) is 9.59 Å². The number of nitrogens with one attached hydrogen (secondary N) is 1. The maximum atomic E-state index is 12.7. The van der Waals surface area contributed by atoms with E-state index in [0.29, 0.717) is 24.9 Å². The predicted molar refractivity (Wildman–Crippen MR) is 155 cm³/mol. The summed E-state index contributed by atoms with van der Waals surface area (Å²) < 4.78 is 14.3. The Balaban J connectivity index is 1.11.